The molecule has 2 saturated heterocycles. The van der Waals surface area contributed by atoms with Gasteiger partial charge in [0.1, 0.15) is 11.7 Å². The molecule has 12 nitrogen and oxygen atoms in total. The Bertz CT molecular complexity index is 1180. The first kappa shape index (κ1) is 27.1. The molecule has 1 aromatic heterocycles. The number of amides is 3. The fourth-order valence-corrected chi connectivity index (χ4v) is 4.64. The number of morpholine rings is 1. The van der Waals surface area contributed by atoms with Crippen LogP contribution in [0.3, 0.4) is 0 Å². The van der Waals surface area contributed by atoms with Gasteiger partial charge >= 0.3 is 12.1 Å². The zero-order valence-corrected chi connectivity index (χ0v) is 21.4. The van der Waals surface area contributed by atoms with Gasteiger partial charge in [0.15, 0.2) is 0 Å². The van der Waals surface area contributed by atoms with Gasteiger partial charge in [0.05, 0.1) is 25.3 Å². The van der Waals surface area contributed by atoms with E-state index in [2.05, 4.69) is 15.2 Å². The lowest BCUT2D eigenvalue weighted by atomic mass is 10.1. The number of rotatable bonds is 8. The van der Waals surface area contributed by atoms with Crippen LogP contribution in [0.2, 0.25) is 0 Å². The number of carboxylic acid groups (broad SMARTS) is 1. The maximum Gasteiger partial charge on any atom is 0.409 e. The molecule has 1 aromatic carbocycles. The van der Waals surface area contributed by atoms with Crippen LogP contribution in [-0.4, -0.2) is 109 Å². The van der Waals surface area contributed by atoms with Crippen LogP contribution in [0.5, 0.6) is 0 Å². The predicted octanol–water partition coefficient (Wildman–Crippen LogP) is 1.34. The molecule has 3 amide bonds. The van der Waals surface area contributed by atoms with Gasteiger partial charge in [0.25, 0.3) is 5.91 Å². The second-order valence-electron chi connectivity index (χ2n) is 9.11. The summed E-state index contributed by atoms with van der Waals surface area (Å²) >= 11 is 0. The molecule has 0 spiro atoms. The molecule has 2 N–H and O–H groups in total. The molecule has 204 valence electrons. The molecule has 0 bridgehead atoms. The van der Waals surface area contributed by atoms with Crippen molar-refractivity contribution < 1.29 is 33.8 Å². The van der Waals surface area contributed by atoms with Gasteiger partial charge in [-0.2, -0.15) is 0 Å². The minimum atomic E-state index is -1.07. The van der Waals surface area contributed by atoms with E-state index in [1.165, 1.54) is 9.80 Å². The molecule has 12 heteroatoms. The van der Waals surface area contributed by atoms with Crippen molar-refractivity contribution in [3.63, 3.8) is 0 Å². The van der Waals surface area contributed by atoms with Gasteiger partial charge in [0, 0.05) is 56.8 Å². The van der Waals surface area contributed by atoms with Crippen LogP contribution in [0.4, 0.5) is 10.5 Å². The molecule has 1 unspecified atom stereocenters. The topological polar surface area (TPSA) is 142 Å². The highest BCUT2D eigenvalue weighted by molar-refractivity contribution is 6.01. The first-order valence-electron chi connectivity index (χ1n) is 12.8. The average Bonchev–Trinajstić information content (AvgIpc) is 2.94. The molecule has 0 radical (unpaired) electrons. The van der Waals surface area contributed by atoms with E-state index in [0.717, 1.165) is 11.1 Å². The van der Waals surface area contributed by atoms with Crippen LogP contribution in [0.15, 0.2) is 30.3 Å². The molecule has 0 aliphatic carbocycles. The van der Waals surface area contributed by atoms with Gasteiger partial charge in [-0.05, 0) is 25.5 Å². The number of aliphatic carboxylic acids is 1. The number of aromatic nitrogens is 1. The van der Waals surface area contributed by atoms with E-state index < -0.39 is 29.9 Å². The Morgan fingerprint density at radius 2 is 1.74 bits per heavy atom. The molecule has 0 saturated carbocycles. The largest absolute Gasteiger partial charge is 0.481 e. The van der Waals surface area contributed by atoms with E-state index in [1.54, 1.807) is 13.0 Å². The Kier molecular flexibility index (Phi) is 8.95. The Balaban J connectivity index is 1.52. The van der Waals surface area contributed by atoms with Gasteiger partial charge in [-0.25, -0.2) is 9.78 Å². The standard InChI is InChI=1S/C26H33N5O7/c1-2-38-26(36)31-11-9-30(10-12-31)25(35)20(7-8-23(32)33)28-24(34)21-17-22(29-13-15-37-16-14-29)18-5-3-4-6-19(18)27-21/h3-6,17,20H,2,7-16H2,1H3,(H,28,34)(H,32,33). The fourth-order valence-electron chi connectivity index (χ4n) is 4.64. The number of hydrogen-bond acceptors (Lipinski definition) is 8. The van der Waals surface area contributed by atoms with Crippen molar-refractivity contribution in [1.82, 2.24) is 20.1 Å². The van der Waals surface area contributed by atoms with E-state index in [9.17, 15) is 24.3 Å². The van der Waals surface area contributed by atoms with Crippen molar-refractivity contribution >= 4 is 40.5 Å². The highest BCUT2D eigenvalue weighted by Crippen LogP contribution is 2.27. The molecule has 3 heterocycles. The summed E-state index contributed by atoms with van der Waals surface area (Å²) in [4.78, 5) is 59.7. The van der Waals surface area contributed by atoms with E-state index >= 15 is 0 Å². The summed E-state index contributed by atoms with van der Waals surface area (Å²) in [6.45, 7) is 5.58. The Labute approximate surface area is 220 Å². The lowest BCUT2D eigenvalue weighted by molar-refractivity contribution is -0.138. The third kappa shape index (κ3) is 6.49. The maximum atomic E-state index is 13.4. The Morgan fingerprint density at radius 1 is 1.05 bits per heavy atom. The summed E-state index contributed by atoms with van der Waals surface area (Å²) in [5, 5.41) is 12.9. The lowest BCUT2D eigenvalue weighted by Gasteiger charge is -2.36. The highest BCUT2D eigenvalue weighted by Gasteiger charge is 2.31. The van der Waals surface area contributed by atoms with Crippen LogP contribution in [0.25, 0.3) is 10.9 Å². The number of fused-ring (bicyclic) bond motifs is 1. The van der Waals surface area contributed by atoms with Crippen molar-refractivity contribution in [1.29, 1.82) is 0 Å². The van der Waals surface area contributed by atoms with Gasteiger partial charge < -0.3 is 34.6 Å². The Morgan fingerprint density at radius 3 is 2.42 bits per heavy atom. The number of pyridine rings is 1. The van der Waals surface area contributed by atoms with E-state index in [4.69, 9.17) is 9.47 Å². The van der Waals surface area contributed by atoms with Crippen LogP contribution in [0, 0.1) is 0 Å². The average molecular weight is 528 g/mol. The highest BCUT2D eigenvalue weighted by atomic mass is 16.6. The first-order chi connectivity index (χ1) is 18.4. The third-order valence-electron chi connectivity index (χ3n) is 6.65. The second kappa shape index (κ2) is 12.5. The predicted molar refractivity (Wildman–Crippen MR) is 138 cm³/mol. The lowest BCUT2D eigenvalue weighted by Crippen LogP contribution is -2.56. The molecule has 1 atom stereocenters. The zero-order chi connectivity index (χ0) is 27.1. The number of benzene rings is 1. The van der Waals surface area contributed by atoms with Crippen LogP contribution >= 0.6 is 0 Å². The molecule has 2 aliphatic heterocycles. The zero-order valence-electron chi connectivity index (χ0n) is 21.4. The minimum Gasteiger partial charge on any atom is -0.481 e. The third-order valence-corrected chi connectivity index (χ3v) is 6.65. The summed E-state index contributed by atoms with van der Waals surface area (Å²) in [6, 6.07) is 8.19. The molecular formula is C26H33N5O7. The van der Waals surface area contributed by atoms with Crippen molar-refractivity contribution in [3.05, 3.63) is 36.0 Å². The van der Waals surface area contributed by atoms with E-state index in [1.807, 2.05) is 24.3 Å². The summed E-state index contributed by atoms with van der Waals surface area (Å²) < 4.78 is 10.5. The van der Waals surface area contributed by atoms with Crippen molar-refractivity contribution in [2.75, 3.05) is 64.0 Å². The van der Waals surface area contributed by atoms with Crippen LogP contribution in [0.1, 0.15) is 30.3 Å². The molecular weight excluding hydrogens is 494 g/mol. The van der Waals surface area contributed by atoms with Gasteiger partial charge in [-0.1, -0.05) is 18.2 Å². The van der Waals surface area contributed by atoms with E-state index in [0.29, 0.717) is 44.9 Å². The smallest absolute Gasteiger partial charge is 0.409 e. The number of carbonyl (C=O) groups excluding carboxylic acids is 3. The van der Waals surface area contributed by atoms with E-state index in [-0.39, 0.29) is 38.2 Å². The van der Waals surface area contributed by atoms with Crippen LogP contribution < -0.4 is 10.2 Å². The summed E-state index contributed by atoms with van der Waals surface area (Å²) in [5.41, 5.74) is 1.64. The fraction of sp³-hybridized carbons (Fsp3) is 0.500. The number of carbonyl (C=O) groups is 4. The monoisotopic (exact) mass is 527 g/mol. The molecule has 4 rings (SSSR count). The van der Waals surface area contributed by atoms with Gasteiger partial charge in [0.2, 0.25) is 5.91 Å². The quantitative estimate of drug-likeness (QED) is 0.520. The summed E-state index contributed by atoms with van der Waals surface area (Å²) in [7, 11) is 0. The number of nitrogens with one attached hydrogen (secondary N) is 1. The first-order valence-corrected chi connectivity index (χ1v) is 12.8. The van der Waals surface area contributed by atoms with Gasteiger partial charge in [-0.15, -0.1) is 0 Å². The molecule has 2 fully saturated rings. The minimum absolute atomic E-state index is 0.0676. The van der Waals surface area contributed by atoms with Crippen molar-refractivity contribution in [2.45, 2.75) is 25.8 Å². The van der Waals surface area contributed by atoms with Crippen molar-refractivity contribution in [3.8, 4) is 0 Å². The number of para-hydroxylation sites is 1. The maximum absolute atomic E-state index is 13.4. The number of nitrogens with zero attached hydrogens (tertiary/aromatic N) is 4. The molecule has 38 heavy (non-hydrogen) atoms. The SMILES string of the molecule is CCOC(=O)N1CCN(C(=O)C(CCC(=O)O)NC(=O)c2cc(N3CCOCC3)c3ccccc3n2)CC1. The van der Waals surface area contributed by atoms with Crippen molar-refractivity contribution in [2.24, 2.45) is 0 Å². The number of ether oxygens (including phenoxy) is 2. The number of hydrogen-bond donors (Lipinski definition) is 2. The summed E-state index contributed by atoms with van der Waals surface area (Å²) in [6.07, 6.45) is -0.792. The Hall–Kier alpha value is -3.93. The summed E-state index contributed by atoms with van der Waals surface area (Å²) in [5.74, 6) is -2.01. The molecule has 2 aliphatic rings. The second-order valence-corrected chi connectivity index (χ2v) is 9.11. The molecule has 2 aromatic rings. The number of anilines is 1. The normalized spacial score (nSPS) is 16.7. The van der Waals surface area contributed by atoms with Crippen LogP contribution in [-0.2, 0) is 19.1 Å². The number of carboxylic acids is 1. The van der Waals surface area contributed by atoms with Gasteiger partial charge in [-0.3, -0.25) is 14.4 Å². The number of piperazine rings is 1.